The molecule has 3 rings (SSSR count). The van der Waals surface area contributed by atoms with Crippen LogP contribution in [0, 0.1) is 5.82 Å². The van der Waals surface area contributed by atoms with Crippen LogP contribution in [0.4, 0.5) is 21.7 Å². The number of hydrogen-bond donors (Lipinski definition) is 3. The molecule has 1 aliphatic rings. The molecule has 1 amide bonds. The first-order valence-electron chi connectivity index (χ1n) is 8.32. The summed E-state index contributed by atoms with van der Waals surface area (Å²) in [6, 6.07) is 5.26. The summed E-state index contributed by atoms with van der Waals surface area (Å²) in [6.45, 7) is 1.81. The van der Waals surface area contributed by atoms with Crippen LogP contribution in [0.1, 0.15) is 36.0 Å². The number of hydrazine groups is 1. The Morgan fingerprint density at radius 3 is 2.44 bits per heavy atom. The maximum atomic E-state index is 12.9. The standard InChI is InChI=1S/C17H21FN6O/c18-13-7-5-12(6-8-13)17(25)23-22-15-14(19)16(21-11-20-15)24-9-3-1-2-4-10-24/h5-8,11H,1-4,9-10,19H2,(H,23,25)(H,20,21,22). The lowest BCUT2D eigenvalue weighted by Crippen LogP contribution is -2.31. The predicted molar refractivity (Wildman–Crippen MR) is 94.6 cm³/mol. The summed E-state index contributed by atoms with van der Waals surface area (Å²) in [5.74, 6) is 0.209. The molecule has 4 N–H and O–H groups in total. The van der Waals surface area contributed by atoms with Crippen LogP contribution in [0.2, 0.25) is 0 Å². The smallest absolute Gasteiger partial charge is 0.269 e. The predicted octanol–water partition coefficient (Wildman–Crippen LogP) is 2.34. The molecule has 1 fully saturated rings. The van der Waals surface area contributed by atoms with Gasteiger partial charge in [0.1, 0.15) is 17.8 Å². The Hall–Kier alpha value is -2.90. The first kappa shape index (κ1) is 16.9. The summed E-state index contributed by atoms with van der Waals surface area (Å²) < 4.78 is 12.9. The zero-order chi connectivity index (χ0) is 17.6. The number of halogens is 1. The quantitative estimate of drug-likeness (QED) is 0.737. The van der Waals surface area contributed by atoms with Crippen LogP contribution in [0.3, 0.4) is 0 Å². The lowest BCUT2D eigenvalue weighted by molar-refractivity contribution is 0.0962. The van der Waals surface area contributed by atoms with Gasteiger partial charge in [0.25, 0.3) is 5.91 Å². The minimum Gasteiger partial charge on any atom is -0.393 e. The van der Waals surface area contributed by atoms with E-state index in [-0.39, 0.29) is 0 Å². The van der Waals surface area contributed by atoms with Gasteiger partial charge in [-0.15, -0.1) is 0 Å². The Morgan fingerprint density at radius 1 is 1.08 bits per heavy atom. The fourth-order valence-electron chi connectivity index (χ4n) is 2.81. The zero-order valence-corrected chi connectivity index (χ0v) is 13.8. The van der Waals surface area contributed by atoms with Crippen molar-refractivity contribution in [3.8, 4) is 0 Å². The van der Waals surface area contributed by atoms with Crippen LogP contribution in [0.15, 0.2) is 30.6 Å². The summed E-state index contributed by atoms with van der Waals surface area (Å²) >= 11 is 0. The van der Waals surface area contributed by atoms with Crippen LogP contribution in [0.25, 0.3) is 0 Å². The highest BCUT2D eigenvalue weighted by atomic mass is 19.1. The van der Waals surface area contributed by atoms with Gasteiger partial charge in [0, 0.05) is 18.7 Å². The van der Waals surface area contributed by atoms with Crippen LogP contribution >= 0.6 is 0 Å². The number of aromatic nitrogens is 2. The third-order valence-electron chi connectivity index (χ3n) is 4.17. The molecule has 0 bridgehead atoms. The highest BCUT2D eigenvalue weighted by Gasteiger charge is 2.17. The highest BCUT2D eigenvalue weighted by Crippen LogP contribution is 2.27. The van der Waals surface area contributed by atoms with E-state index < -0.39 is 11.7 Å². The van der Waals surface area contributed by atoms with Crippen molar-refractivity contribution in [2.75, 3.05) is 29.1 Å². The molecule has 7 nitrogen and oxygen atoms in total. The molecule has 1 saturated heterocycles. The van der Waals surface area contributed by atoms with E-state index in [1.54, 1.807) is 0 Å². The van der Waals surface area contributed by atoms with Crippen molar-refractivity contribution in [1.82, 2.24) is 15.4 Å². The molecule has 2 aromatic rings. The van der Waals surface area contributed by atoms with Gasteiger partial charge in [-0.1, -0.05) is 12.8 Å². The van der Waals surface area contributed by atoms with E-state index in [2.05, 4.69) is 25.7 Å². The van der Waals surface area contributed by atoms with Crippen molar-refractivity contribution < 1.29 is 9.18 Å². The number of nitrogen functional groups attached to an aromatic ring is 1. The lowest BCUT2D eigenvalue weighted by Gasteiger charge is -2.23. The summed E-state index contributed by atoms with van der Waals surface area (Å²) in [6.07, 6.45) is 6.05. The Kier molecular flexibility index (Phi) is 5.27. The molecule has 0 atom stereocenters. The summed E-state index contributed by atoms with van der Waals surface area (Å²) in [5.41, 5.74) is 12.1. The van der Waals surface area contributed by atoms with Gasteiger partial charge in [-0.25, -0.2) is 14.4 Å². The number of nitrogens with one attached hydrogen (secondary N) is 2. The van der Waals surface area contributed by atoms with E-state index in [9.17, 15) is 9.18 Å². The lowest BCUT2D eigenvalue weighted by atomic mass is 10.2. The van der Waals surface area contributed by atoms with E-state index >= 15 is 0 Å². The van der Waals surface area contributed by atoms with Crippen molar-refractivity contribution >= 4 is 23.2 Å². The Balaban J connectivity index is 1.69. The van der Waals surface area contributed by atoms with Crippen molar-refractivity contribution in [2.24, 2.45) is 0 Å². The molecule has 0 saturated carbocycles. The number of anilines is 3. The maximum Gasteiger partial charge on any atom is 0.269 e. The molecular weight excluding hydrogens is 323 g/mol. The van der Waals surface area contributed by atoms with Gasteiger partial charge >= 0.3 is 0 Å². The first-order chi connectivity index (χ1) is 12.1. The summed E-state index contributed by atoms with van der Waals surface area (Å²) in [5, 5.41) is 0. The van der Waals surface area contributed by atoms with Gasteiger partial charge in [-0.2, -0.15) is 0 Å². The van der Waals surface area contributed by atoms with Crippen LogP contribution in [-0.4, -0.2) is 29.0 Å². The second-order valence-corrected chi connectivity index (χ2v) is 5.95. The molecule has 0 unspecified atom stereocenters. The third-order valence-corrected chi connectivity index (χ3v) is 4.17. The Labute approximate surface area is 145 Å². The van der Waals surface area contributed by atoms with E-state index in [0.29, 0.717) is 22.9 Å². The molecule has 1 aromatic heterocycles. The fraction of sp³-hybridized carbons (Fsp3) is 0.353. The Morgan fingerprint density at radius 2 is 1.76 bits per heavy atom. The minimum absolute atomic E-state index is 0.328. The number of nitrogens with two attached hydrogens (primary N) is 1. The number of nitrogens with zero attached hydrogens (tertiary/aromatic N) is 3. The van der Waals surface area contributed by atoms with Crippen molar-refractivity contribution in [2.45, 2.75) is 25.7 Å². The van der Waals surface area contributed by atoms with E-state index in [1.807, 2.05) is 0 Å². The fourth-order valence-corrected chi connectivity index (χ4v) is 2.81. The van der Waals surface area contributed by atoms with Crippen LogP contribution < -0.4 is 21.5 Å². The number of hydrogen-bond acceptors (Lipinski definition) is 6. The third kappa shape index (κ3) is 4.14. The molecular formula is C17H21FN6O. The van der Waals surface area contributed by atoms with Gasteiger partial charge in [0.05, 0.1) is 0 Å². The van der Waals surface area contributed by atoms with Gasteiger partial charge in [-0.05, 0) is 37.1 Å². The van der Waals surface area contributed by atoms with Crippen molar-refractivity contribution in [1.29, 1.82) is 0 Å². The number of rotatable bonds is 4. The maximum absolute atomic E-state index is 12.9. The average molecular weight is 344 g/mol. The van der Waals surface area contributed by atoms with Gasteiger partial charge in [0.2, 0.25) is 0 Å². The monoisotopic (exact) mass is 344 g/mol. The van der Waals surface area contributed by atoms with E-state index in [1.165, 1.54) is 43.4 Å². The number of benzene rings is 1. The SMILES string of the molecule is Nc1c(NNC(=O)c2ccc(F)cc2)ncnc1N1CCCCCC1. The minimum atomic E-state index is -0.408. The molecule has 0 spiro atoms. The van der Waals surface area contributed by atoms with E-state index in [4.69, 9.17) is 5.73 Å². The summed E-state index contributed by atoms with van der Waals surface area (Å²) in [4.78, 5) is 22.6. The summed E-state index contributed by atoms with van der Waals surface area (Å²) in [7, 11) is 0. The number of carbonyl (C=O) groups excluding carboxylic acids is 1. The molecule has 8 heteroatoms. The molecule has 0 radical (unpaired) electrons. The molecule has 0 aliphatic carbocycles. The second-order valence-electron chi connectivity index (χ2n) is 5.95. The second kappa shape index (κ2) is 7.78. The van der Waals surface area contributed by atoms with Crippen molar-refractivity contribution in [3.05, 3.63) is 42.0 Å². The average Bonchev–Trinajstić information content (AvgIpc) is 2.90. The van der Waals surface area contributed by atoms with Gasteiger partial charge < -0.3 is 10.6 Å². The van der Waals surface area contributed by atoms with Crippen LogP contribution in [0.5, 0.6) is 0 Å². The number of amides is 1. The highest BCUT2D eigenvalue weighted by molar-refractivity contribution is 5.95. The van der Waals surface area contributed by atoms with Gasteiger partial charge in [-0.3, -0.25) is 15.6 Å². The zero-order valence-electron chi connectivity index (χ0n) is 13.8. The van der Waals surface area contributed by atoms with Gasteiger partial charge in [0.15, 0.2) is 11.6 Å². The normalized spacial score (nSPS) is 14.7. The molecule has 2 heterocycles. The van der Waals surface area contributed by atoms with E-state index in [0.717, 1.165) is 25.9 Å². The molecule has 1 aromatic carbocycles. The molecule has 1 aliphatic heterocycles. The topological polar surface area (TPSA) is 96.2 Å². The largest absolute Gasteiger partial charge is 0.393 e. The molecule has 25 heavy (non-hydrogen) atoms. The van der Waals surface area contributed by atoms with Crippen LogP contribution in [-0.2, 0) is 0 Å². The first-order valence-corrected chi connectivity index (χ1v) is 8.32. The number of carbonyl (C=O) groups is 1. The molecule has 132 valence electrons. The van der Waals surface area contributed by atoms with Crippen molar-refractivity contribution in [3.63, 3.8) is 0 Å². The Bertz CT molecular complexity index is 728.